The van der Waals surface area contributed by atoms with Gasteiger partial charge in [-0.25, -0.2) is 19.4 Å². The fourth-order valence-corrected chi connectivity index (χ4v) is 2.32. The number of alkyl halides is 12. The zero-order chi connectivity index (χ0) is 26.3. The van der Waals surface area contributed by atoms with Crippen molar-refractivity contribution in [2.24, 2.45) is 0 Å². The zero-order valence-corrected chi connectivity index (χ0v) is 15.6. The average molecular weight is 514 g/mol. The molecule has 0 aromatic heterocycles. The van der Waals surface area contributed by atoms with E-state index < -0.39 is 70.0 Å². The second kappa shape index (κ2) is 8.72. The molecule has 0 unspecified atom stereocenters. The first kappa shape index (κ1) is 26.8. The molecule has 0 aliphatic rings. The summed E-state index contributed by atoms with van der Waals surface area (Å²) in [6.45, 7) is 0. The van der Waals surface area contributed by atoms with E-state index in [2.05, 4.69) is 9.78 Å². The molecule has 16 heteroatoms. The summed E-state index contributed by atoms with van der Waals surface area (Å²) in [5, 5.41) is 0. The molecule has 0 spiro atoms. The van der Waals surface area contributed by atoms with Gasteiger partial charge in [0.1, 0.15) is 0 Å². The number of carbonyl (C=O) groups excluding carboxylic acids is 2. The van der Waals surface area contributed by atoms with Crippen molar-refractivity contribution in [3.63, 3.8) is 0 Å². The molecular weight excluding hydrogens is 508 g/mol. The quantitative estimate of drug-likeness (QED) is 0.255. The lowest BCUT2D eigenvalue weighted by molar-refractivity contribution is -0.187. The molecule has 0 N–H and O–H groups in total. The lowest BCUT2D eigenvalue weighted by Gasteiger charge is -2.14. The molecule has 0 bridgehead atoms. The van der Waals surface area contributed by atoms with Crippen molar-refractivity contribution in [3.8, 4) is 0 Å². The van der Waals surface area contributed by atoms with Crippen molar-refractivity contribution >= 4 is 11.9 Å². The van der Waals surface area contributed by atoms with Crippen LogP contribution in [-0.4, -0.2) is 11.9 Å². The van der Waals surface area contributed by atoms with Crippen LogP contribution in [0.25, 0.3) is 0 Å². The van der Waals surface area contributed by atoms with Crippen LogP contribution in [0.4, 0.5) is 52.7 Å². The summed E-state index contributed by atoms with van der Waals surface area (Å²) in [5.74, 6) is -4.26. The van der Waals surface area contributed by atoms with Gasteiger partial charge in [-0.1, -0.05) is 0 Å². The minimum atomic E-state index is -5.36. The lowest BCUT2D eigenvalue weighted by Crippen LogP contribution is -2.17. The molecule has 186 valence electrons. The topological polar surface area (TPSA) is 52.6 Å². The van der Waals surface area contributed by atoms with E-state index in [-0.39, 0.29) is 36.4 Å². The van der Waals surface area contributed by atoms with Crippen molar-refractivity contribution in [2.45, 2.75) is 24.7 Å². The summed E-state index contributed by atoms with van der Waals surface area (Å²) in [6, 6.07) is -1.14. The normalized spacial score (nSPS) is 12.9. The predicted octanol–water partition coefficient (Wildman–Crippen LogP) is 6.69. The summed E-state index contributed by atoms with van der Waals surface area (Å²) in [4.78, 5) is 31.1. The van der Waals surface area contributed by atoms with E-state index in [9.17, 15) is 62.3 Å². The summed E-state index contributed by atoms with van der Waals surface area (Å²) in [7, 11) is 0. The molecule has 2 rings (SSSR count). The van der Waals surface area contributed by atoms with Gasteiger partial charge in [0.05, 0.1) is 33.4 Å². The van der Waals surface area contributed by atoms with E-state index >= 15 is 0 Å². The van der Waals surface area contributed by atoms with Crippen LogP contribution in [0.2, 0.25) is 0 Å². The minimum absolute atomic E-state index is 0.114. The van der Waals surface area contributed by atoms with Gasteiger partial charge in [0.25, 0.3) is 0 Å². The largest absolute Gasteiger partial charge is 0.416 e. The van der Waals surface area contributed by atoms with Gasteiger partial charge in [-0.15, -0.1) is 0 Å². The van der Waals surface area contributed by atoms with Gasteiger partial charge >= 0.3 is 36.6 Å². The fourth-order valence-electron chi connectivity index (χ4n) is 2.32. The molecule has 2 aromatic rings. The molecule has 0 radical (unpaired) electrons. The molecule has 34 heavy (non-hydrogen) atoms. The highest BCUT2D eigenvalue weighted by Crippen LogP contribution is 2.38. The molecule has 2 aromatic carbocycles. The van der Waals surface area contributed by atoms with Crippen molar-refractivity contribution in [1.82, 2.24) is 0 Å². The molecule has 0 atom stereocenters. The van der Waals surface area contributed by atoms with Crippen molar-refractivity contribution in [2.75, 3.05) is 0 Å². The third-order valence-corrected chi connectivity index (χ3v) is 3.84. The van der Waals surface area contributed by atoms with Crippen LogP contribution in [0.3, 0.4) is 0 Å². The third kappa shape index (κ3) is 6.54. The Morgan fingerprint density at radius 3 is 0.824 bits per heavy atom. The van der Waals surface area contributed by atoms with Crippen LogP contribution in [-0.2, 0) is 34.5 Å². The second-order valence-electron chi connectivity index (χ2n) is 6.33. The first-order chi connectivity index (χ1) is 15.2. The number of benzene rings is 2. The van der Waals surface area contributed by atoms with Crippen LogP contribution < -0.4 is 0 Å². The Hall–Kier alpha value is -3.46. The summed E-state index contributed by atoms with van der Waals surface area (Å²) >= 11 is 0. The van der Waals surface area contributed by atoms with Gasteiger partial charge in [0.2, 0.25) is 0 Å². The molecule has 0 amide bonds. The van der Waals surface area contributed by atoms with Crippen molar-refractivity contribution in [1.29, 1.82) is 0 Å². The predicted molar refractivity (Wildman–Crippen MR) is 83.7 cm³/mol. The molecule has 0 heterocycles. The Morgan fingerprint density at radius 1 is 0.441 bits per heavy atom. The molecule has 0 aliphatic carbocycles. The van der Waals surface area contributed by atoms with Crippen molar-refractivity contribution < 1.29 is 72.0 Å². The highest BCUT2D eigenvalue weighted by molar-refractivity contribution is 5.92. The van der Waals surface area contributed by atoms with Gasteiger partial charge in [-0.2, -0.15) is 52.7 Å². The van der Waals surface area contributed by atoms with E-state index in [1.54, 1.807) is 0 Å². The SMILES string of the molecule is O=C(OOC(=O)c1cc(C(F)(F)F)cc(C(F)(F)F)c1)c1cc(C(F)(F)F)cc(C(F)(F)F)c1. The van der Waals surface area contributed by atoms with Crippen LogP contribution in [0, 0.1) is 0 Å². The Labute approximate surface area is 179 Å². The number of hydrogen-bond donors (Lipinski definition) is 0. The van der Waals surface area contributed by atoms with Crippen LogP contribution in [0.15, 0.2) is 36.4 Å². The van der Waals surface area contributed by atoms with E-state index in [1.807, 2.05) is 0 Å². The number of rotatable bonds is 2. The first-order valence-corrected chi connectivity index (χ1v) is 8.22. The summed E-state index contributed by atoms with van der Waals surface area (Å²) in [6.07, 6.45) is -21.4. The zero-order valence-electron chi connectivity index (χ0n) is 15.6. The number of halogens is 12. The Balaban J connectivity index is 2.35. The second-order valence-corrected chi connectivity index (χ2v) is 6.33. The maximum absolute atomic E-state index is 12.8. The molecule has 0 aliphatic heterocycles. The Kier molecular flexibility index (Phi) is 6.87. The standard InChI is InChI=1S/C18H6F12O4/c19-15(20,21)9-1-7(2-10(5-9)16(22,23)24)13(31)33-34-14(32)8-3-11(17(25,26)27)6-12(4-8)18(28,29)30/h1-6H. The molecule has 4 nitrogen and oxygen atoms in total. The first-order valence-electron chi connectivity index (χ1n) is 8.22. The average Bonchev–Trinajstić information content (AvgIpc) is 2.68. The van der Waals surface area contributed by atoms with E-state index in [4.69, 9.17) is 0 Å². The van der Waals surface area contributed by atoms with Gasteiger partial charge in [0, 0.05) is 0 Å². The van der Waals surface area contributed by atoms with Gasteiger partial charge in [-0.3, -0.25) is 0 Å². The van der Waals surface area contributed by atoms with Gasteiger partial charge < -0.3 is 0 Å². The lowest BCUT2D eigenvalue weighted by atomic mass is 10.0. The smallest absolute Gasteiger partial charge is 0.242 e. The van der Waals surface area contributed by atoms with Crippen LogP contribution >= 0.6 is 0 Å². The maximum Gasteiger partial charge on any atom is 0.416 e. The third-order valence-electron chi connectivity index (χ3n) is 3.84. The van der Waals surface area contributed by atoms with E-state index in [0.717, 1.165) is 0 Å². The minimum Gasteiger partial charge on any atom is -0.242 e. The number of hydrogen-bond acceptors (Lipinski definition) is 4. The molecule has 0 saturated carbocycles. The monoisotopic (exact) mass is 514 g/mol. The molecule has 0 saturated heterocycles. The van der Waals surface area contributed by atoms with Gasteiger partial charge in [0.15, 0.2) is 0 Å². The fraction of sp³-hybridized carbons (Fsp3) is 0.222. The maximum atomic E-state index is 12.8. The number of carbonyl (C=O) groups is 2. The highest BCUT2D eigenvalue weighted by Gasteiger charge is 2.39. The van der Waals surface area contributed by atoms with Crippen LogP contribution in [0.5, 0.6) is 0 Å². The summed E-state index contributed by atoms with van der Waals surface area (Å²) in [5.41, 5.74) is -10.7. The Morgan fingerprint density at radius 2 is 0.647 bits per heavy atom. The van der Waals surface area contributed by atoms with Crippen LogP contribution in [0.1, 0.15) is 43.0 Å². The van der Waals surface area contributed by atoms with E-state index in [0.29, 0.717) is 0 Å². The molecular formula is C18H6F12O4. The van der Waals surface area contributed by atoms with Crippen molar-refractivity contribution in [3.05, 3.63) is 69.8 Å². The summed E-state index contributed by atoms with van der Waals surface area (Å²) < 4.78 is 154. The highest BCUT2D eigenvalue weighted by atomic mass is 19.4. The Bertz CT molecular complexity index is 942. The van der Waals surface area contributed by atoms with Gasteiger partial charge in [-0.05, 0) is 36.4 Å². The molecule has 0 fully saturated rings. The van der Waals surface area contributed by atoms with E-state index in [1.165, 1.54) is 0 Å².